The molecule has 0 aliphatic heterocycles. The van der Waals surface area contributed by atoms with Crippen molar-refractivity contribution in [3.63, 3.8) is 0 Å². The Balaban J connectivity index is 2.12. The zero-order valence-corrected chi connectivity index (χ0v) is 10.1. The van der Waals surface area contributed by atoms with Crippen molar-refractivity contribution >= 4 is 11.0 Å². The van der Waals surface area contributed by atoms with Gasteiger partial charge in [-0.25, -0.2) is 4.39 Å². The fourth-order valence-electron chi connectivity index (χ4n) is 1.83. The van der Waals surface area contributed by atoms with Crippen LogP contribution >= 0.6 is 0 Å². The van der Waals surface area contributed by atoms with Crippen LogP contribution in [0.5, 0.6) is 0 Å². The van der Waals surface area contributed by atoms with Crippen LogP contribution in [0.25, 0.3) is 11.0 Å². The highest BCUT2D eigenvalue weighted by Gasteiger charge is 2.12. The van der Waals surface area contributed by atoms with Gasteiger partial charge in [-0.15, -0.1) is 0 Å². The van der Waals surface area contributed by atoms with Gasteiger partial charge in [-0.3, -0.25) is 0 Å². The highest BCUT2D eigenvalue weighted by molar-refractivity contribution is 5.78. The number of fused-ring (bicyclic) bond motifs is 1. The molecule has 0 aliphatic carbocycles. The van der Waals surface area contributed by atoms with E-state index >= 15 is 0 Å². The Morgan fingerprint density at radius 1 is 1.35 bits per heavy atom. The first-order chi connectivity index (χ1) is 8.08. The second kappa shape index (κ2) is 4.88. The van der Waals surface area contributed by atoms with Crippen LogP contribution in [-0.4, -0.2) is 11.2 Å². The fraction of sp³-hybridized carbons (Fsp3) is 0.429. The third-order valence-electron chi connectivity index (χ3n) is 3.00. The van der Waals surface area contributed by atoms with E-state index in [2.05, 4.69) is 0 Å². The summed E-state index contributed by atoms with van der Waals surface area (Å²) in [6.07, 6.45) is 0.931. The van der Waals surface area contributed by atoms with E-state index in [1.165, 1.54) is 6.07 Å². The molecule has 3 heteroatoms. The molecule has 0 saturated heterocycles. The van der Waals surface area contributed by atoms with Crippen molar-refractivity contribution in [2.75, 3.05) is 0 Å². The fourth-order valence-corrected chi connectivity index (χ4v) is 1.83. The number of hydrogen-bond acceptors (Lipinski definition) is 2. The van der Waals surface area contributed by atoms with E-state index in [0.29, 0.717) is 18.4 Å². The summed E-state index contributed by atoms with van der Waals surface area (Å²) in [6.45, 7) is 3.95. The number of aryl methyl sites for hydroxylation is 1. The van der Waals surface area contributed by atoms with Crippen LogP contribution in [0, 0.1) is 11.7 Å². The Morgan fingerprint density at radius 3 is 2.76 bits per heavy atom. The van der Waals surface area contributed by atoms with Crippen molar-refractivity contribution in [1.82, 2.24) is 0 Å². The van der Waals surface area contributed by atoms with E-state index in [1.54, 1.807) is 6.07 Å². The van der Waals surface area contributed by atoms with Crippen LogP contribution in [0.3, 0.4) is 0 Å². The Hall–Kier alpha value is -1.35. The lowest BCUT2D eigenvalue weighted by Crippen LogP contribution is -2.15. The van der Waals surface area contributed by atoms with Gasteiger partial charge >= 0.3 is 0 Å². The van der Waals surface area contributed by atoms with E-state index in [0.717, 1.165) is 11.1 Å². The Bertz CT molecular complexity index is 502. The molecule has 2 rings (SSSR count). The summed E-state index contributed by atoms with van der Waals surface area (Å²) < 4.78 is 18.8. The minimum Gasteiger partial charge on any atom is -0.458 e. The van der Waals surface area contributed by atoms with Crippen molar-refractivity contribution in [1.29, 1.82) is 0 Å². The molecule has 1 heterocycles. The lowest BCUT2D eigenvalue weighted by molar-refractivity contribution is 0.115. The number of furan rings is 1. The van der Waals surface area contributed by atoms with Crippen LogP contribution in [0.15, 0.2) is 28.7 Å². The predicted octanol–water partition coefficient (Wildman–Crippen LogP) is 3.52. The molecule has 0 saturated carbocycles. The molecule has 1 aromatic carbocycles. The summed E-state index contributed by atoms with van der Waals surface area (Å²) in [5.74, 6) is 0.624. The summed E-state index contributed by atoms with van der Waals surface area (Å²) in [5, 5.41) is 10.5. The first kappa shape index (κ1) is 12.1. The van der Waals surface area contributed by atoms with Gasteiger partial charge in [0.15, 0.2) is 11.4 Å². The maximum absolute atomic E-state index is 13.4. The zero-order valence-electron chi connectivity index (χ0n) is 10.1. The lowest BCUT2D eigenvalue weighted by atomic mass is 10.0. The predicted molar refractivity (Wildman–Crippen MR) is 65.3 cm³/mol. The largest absolute Gasteiger partial charge is 0.458 e. The average Bonchev–Trinajstić information content (AvgIpc) is 2.70. The maximum atomic E-state index is 13.4. The SMILES string of the molecule is CC(C)C(O)CCc1cc2cccc(F)c2o1. The van der Waals surface area contributed by atoms with Crippen LogP contribution in [-0.2, 0) is 6.42 Å². The molecule has 0 amide bonds. The van der Waals surface area contributed by atoms with E-state index < -0.39 is 0 Å². The second-order valence-electron chi connectivity index (χ2n) is 4.72. The quantitative estimate of drug-likeness (QED) is 0.881. The minimum atomic E-state index is -0.340. The number of aliphatic hydroxyl groups is 1. The van der Waals surface area contributed by atoms with Gasteiger partial charge in [0.1, 0.15) is 5.76 Å². The molecule has 17 heavy (non-hydrogen) atoms. The molecule has 0 radical (unpaired) electrons. The molecule has 0 bridgehead atoms. The van der Waals surface area contributed by atoms with Crippen molar-refractivity contribution in [3.8, 4) is 0 Å². The molecule has 1 atom stereocenters. The van der Waals surface area contributed by atoms with Crippen molar-refractivity contribution in [3.05, 3.63) is 35.8 Å². The first-order valence-electron chi connectivity index (χ1n) is 5.93. The minimum absolute atomic E-state index is 0.233. The number of benzene rings is 1. The van der Waals surface area contributed by atoms with E-state index in [1.807, 2.05) is 26.0 Å². The molecular weight excluding hydrogens is 219 g/mol. The van der Waals surface area contributed by atoms with E-state index in [-0.39, 0.29) is 17.8 Å². The number of rotatable bonds is 4. The van der Waals surface area contributed by atoms with Crippen LogP contribution in [0.4, 0.5) is 4.39 Å². The topological polar surface area (TPSA) is 33.4 Å². The summed E-state index contributed by atoms with van der Waals surface area (Å²) in [6, 6.07) is 6.72. The molecule has 1 N–H and O–H groups in total. The van der Waals surface area contributed by atoms with E-state index in [9.17, 15) is 9.50 Å². The number of aliphatic hydroxyl groups excluding tert-OH is 1. The molecule has 1 aromatic heterocycles. The normalized spacial score (nSPS) is 13.5. The molecule has 2 nitrogen and oxygen atoms in total. The molecule has 2 aromatic rings. The molecule has 92 valence electrons. The third-order valence-corrected chi connectivity index (χ3v) is 3.00. The van der Waals surface area contributed by atoms with Gasteiger partial charge < -0.3 is 9.52 Å². The summed E-state index contributed by atoms with van der Waals surface area (Å²) >= 11 is 0. The van der Waals surface area contributed by atoms with Gasteiger partial charge in [-0.2, -0.15) is 0 Å². The Morgan fingerprint density at radius 2 is 2.12 bits per heavy atom. The summed E-state index contributed by atoms with van der Waals surface area (Å²) in [4.78, 5) is 0. The lowest BCUT2D eigenvalue weighted by Gasteiger charge is -2.12. The zero-order chi connectivity index (χ0) is 12.4. The van der Waals surface area contributed by atoms with E-state index in [4.69, 9.17) is 4.42 Å². The monoisotopic (exact) mass is 236 g/mol. The van der Waals surface area contributed by atoms with Crippen LogP contribution < -0.4 is 0 Å². The standard InChI is InChI=1S/C14H17FO2/c1-9(2)13(16)7-6-11-8-10-4-3-5-12(15)14(10)17-11/h3-5,8-9,13,16H,6-7H2,1-2H3. The third kappa shape index (κ3) is 2.67. The molecule has 0 fully saturated rings. The first-order valence-corrected chi connectivity index (χ1v) is 5.93. The highest BCUT2D eigenvalue weighted by Crippen LogP contribution is 2.23. The maximum Gasteiger partial charge on any atom is 0.169 e. The van der Waals surface area contributed by atoms with Gasteiger partial charge in [0, 0.05) is 11.8 Å². The van der Waals surface area contributed by atoms with Gasteiger partial charge in [-0.1, -0.05) is 26.0 Å². The summed E-state index contributed by atoms with van der Waals surface area (Å²) in [5.41, 5.74) is 0.307. The van der Waals surface area contributed by atoms with Gasteiger partial charge in [0.2, 0.25) is 0 Å². The number of para-hydroxylation sites is 1. The van der Waals surface area contributed by atoms with Gasteiger partial charge in [0.05, 0.1) is 6.10 Å². The van der Waals surface area contributed by atoms with Gasteiger partial charge in [-0.05, 0) is 24.5 Å². The Labute approximate surface area is 100 Å². The highest BCUT2D eigenvalue weighted by atomic mass is 19.1. The Kier molecular flexibility index (Phi) is 3.48. The van der Waals surface area contributed by atoms with Crippen molar-refractivity contribution in [2.45, 2.75) is 32.8 Å². The number of halogens is 1. The molecular formula is C14H17FO2. The van der Waals surface area contributed by atoms with Crippen LogP contribution in [0.1, 0.15) is 26.0 Å². The van der Waals surface area contributed by atoms with Gasteiger partial charge in [0.25, 0.3) is 0 Å². The average molecular weight is 236 g/mol. The van der Waals surface area contributed by atoms with Crippen LogP contribution in [0.2, 0.25) is 0 Å². The second-order valence-corrected chi connectivity index (χ2v) is 4.72. The van der Waals surface area contributed by atoms with Crippen molar-refractivity contribution in [2.24, 2.45) is 5.92 Å². The molecule has 1 unspecified atom stereocenters. The summed E-state index contributed by atoms with van der Waals surface area (Å²) in [7, 11) is 0. The molecule has 0 spiro atoms. The molecule has 0 aliphatic rings. The number of hydrogen-bond donors (Lipinski definition) is 1. The smallest absolute Gasteiger partial charge is 0.169 e. The van der Waals surface area contributed by atoms with Crippen molar-refractivity contribution < 1.29 is 13.9 Å².